The van der Waals surface area contributed by atoms with Crippen LogP contribution >= 0.6 is 0 Å². The van der Waals surface area contributed by atoms with E-state index in [1.165, 1.54) is 44.6 Å². The lowest BCUT2D eigenvalue weighted by Crippen LogP contribution is -2.46. The van der Waals surface area contributed by atoms with Crippen molar-refractivity contribution in [3.63, 3.8) is 0 Å². The first-order valence-corrected chi connectivity index (χ1v) is 21.0. The van der Waals surface area contributed by atoms with Gasteiger partial charge in [-0.15, -0.1) is 0 Å². The average molecular weight is 714 g/mol. The fourth-order valence-corrected chi connectivity index (χ4v) is 5.85. The molecule has 0 aliphatic rings. The highest BCUT2D eigenvalue weighted by Crippen LogP contribution is 2.10. The summed E-state index contributed by atoms with van der Waals surface area (Å²) in [5.41, 5.74) is 0. The van der Waals surface area contributed by atoms with Gasteiger partial charge in [-0.3, -0.25) is 9.35 Å². The van der Waals surface area contributed by atoms with Crippen molar-refractivity contribution >= 4 is 16.0 Å². The Bertz CT molecular complexity index is 1140. The van der Waals surface area contributed by atoms with E-state index in [0.717, 1.165) is 77.0 Å². The van der Waals surface area contributed by atoms with Crippen molar-refractivity contribution in [2.75, 3.05) is 5.75 Å². The molecule has 2 unspecified atom stereocenters. The lowest BCUT2D eigenvalue weighted by Gasteiger charge is -2.21. The van der Waals surface area contributed by atoms with Crippen molar-refractivity contribution in [1.82, 2.24) is 5.32 Å². The molecular weight excluding hydrogens is 643 g/mol. The maximum Gasteiger partial charge on any atom is 0.267 e. The number of nitrogens with one attached hydrogen (secondary N) is 1. The third kappa shape index (κ3) is 36.5. The van der Waals surface area contributed by atoms with Crippen LogP contribution in [-0.4, -0.2) is 41.9 Å². The second-order valence-corrected chi connectivity index (χ2v) is 14.3. The van der Waals surface area contributed by atoms with Crippen molar-refractivity contribution < 1.29 is 22.9 Å². The van der Waals surface area contributed by atoms with Crippen LogP contribution in [0.3, 0.4) is 0 Å². The summed E-state index contributed by atoms with van der Waals surface area (Å²) >= 11 is 0. The van der Waals surface area contributed by atoms with Gasteiger partial charge in [-0.25, -0.2) is 0 Å². The van der Waals surface area contributed by atoms with Gasteiger partial charge in [0.25, 0.3) is 10.1 Å². The van der Waals surface area contributed by atoms with Gasteiger partial charge in [0.05, 0.1) is 17.9 Å². The minimum absolute atomic E-state index is 0.252. The number of unbranched alkanes of at least 4 members (excludes halogenated alkanes) is 11. The van der Waals surface area contributed by atoms with Crippen LogP contribution in [-0.2, 0) is 14.9 Å². The number of hydrogen-bond donors (Lipinski definition) is 3. The Morgan fingerprint density at radius 3 is 1.50 bits per heavy atom. The number of hydrogen-bond acceptors (Lipinski definition) is 4. The molecule has 0 rings (SSSR count). The molecule has 0 aromatic rings. The maximum atomic E-state index is 12.5. The van der Waals surface area contributed by atoms with E-state index < -0.39 is 28.0 Å². The zero-order valence-electron chi connectivity index (χ0n) is 31.5. The Balaban J connectivity index is 4.06. The van der Waals surface area contributed by atoms with E-state index in [0.29, 0.717) is 12.8 Å². The molecule has 0 aliphatic carbocycles. The standard InChI is InChI=1S/C43H71NO5S/c1-3-5-7-9-11-13-15-17-18-19-20-21-22-23-24-25-26-27-29-31-33-35-37-39-43(46)44-41(40-50(47,48)49)42(45)38-36-34-32-30-28-16-14-12-10-8-6-4-2/h5,7,11,13,17-18,20-21,23-24,26-28,30,36,38,41-42,45H,3-4,6,8-10,12,14-16,19,22,25,29,31-35,37,39-40H2,1-2H3,(H,44,46)(H,47,48,49)/b7-5-,13-11-,18-17-,21-20-,24-23-,27-26-,30-28+,38-36+. The van der Waals surface area contributed by atoms with E-state index in [1.807, 2.05) is 0 Å². The summed E-state index contributed by atoms with van der Waals surface area (Å²) in [7, 11) is -4.37. The van der Waals surface area contributed by atoms with E-state index in [-0.39, 0.29) is 12.3 Å². The van der Waals surface area contributed by atoms with E-state index >= 15 is 0 Å². The molecule has 284 valence electrons. The fraction of sp³-hybridized carbons (Fsp3) is 0.605. The third-order valence-electron chi connectivity index (χ3n) is 7.99. The highest BCUT2D eigenvalue weighted by Gasteiger charge is 2.24. The number of aliphatic hydroxyl groups is 1. The van der Waals surface area contributed by atoms with E-state index in [2.05, 4.69) is 104 Å². The summed E-state index contributed by atoms with van der Waals surface area (Å²) in [6.07, 6.45) is 53.9. The Hall–Kier alpha value is -2.74. The van der Waals surface area contributed by atoms with E-state index in [9.17, 15) is 22.9 Å². The fourth-order valence-electron chi connectivity index (χ4n) is 5.11. The van der Waals surface area contributed by atoms with E-state index in [4.69, 9.17) is 0 Å². The highest BCUT2D eigenvalue weighted by atomic mass is 32.2. The molecule has 50 heavy (non-hydrogen) atoms. The lowest BCUT2D eigenvalue weighted by atomic mass is 10.1. The summed E-state index contributed by atoms with van der Waals surface area (Å²) in [5, 5.41) is 13.1. The zero-order chi connectivity index (χ0) is 36.8. The molecule has 0 radical (unpaired) electrons. The molecule has 0 bridgehead atoms. The van der Waals surface area contributed by atoms with Crippen LogP contribution < -0.4 is 5.32 Å². The minimum atomic E-state index is -4.37. The van der Waals surface area contributed by atoms with Gasteiger partial charge in [-0.2, -0.15) is 8.42 Å². The number of allylic oxidation sites excluding steroid dienone is 15. The number of carbonyl (C=O) groups excluding carboxylic acids is 1. The average Bonchev–Trinajstić information content (AvgIpc) is 3.08. The molecule has 0 spiro atoms. The summed E-state index contributed by atoms with van der Waals surface area (Å²) < 4.78 is 32.4. The molecule has 0 fully saturated rings. The number of carbonyl (C=O) groups is 1. The van der Waals surface area contributed by atoms with Crippen molar-refractivity contribution in [3.05, 3.63) is 97.2 Å². The molecule has 0 aromatic carbocycles. The van der Waals surface area contributed by atoms with Crippen LogP contribution in [0.25, 0.3) is 0 Å². The highest BCUT2D eigenvalue weighted by molar-refractivity contribution is 7.85. The monoisotopic (exact) mass is 714 g/mol. The SMILES string of the molecule is CC/C=C\C/C=C\C/C=C\C/C=C\C/C=C\C/C=C\CCCCCCC(=O)NC(CS(=O)(=O)O)C(O)/C=C/CC/C=C/CCCCCCCC. The van der Waals surface area contributed by atoms with Crippen LogP contribution in [0.15, 0.2) is 97.2 Å². The molecule has 0 saturated carbocycles. The topological polar surface area (TPSA) is 104 Å². The quantitative estimate of drug-likeness (QED) is 0.0357. The minimum Gasteiger partial charge on any atom is -0.387 e. The van der Waals surface area contributed by atoms with E-state index in [1.54, 1.807) is 6.08 Å². The Kier molecular flexibility index (Phi) is 34.1. The molecule has 7 heteroatoms. The molecule has 0 heterocycles. The van der Waals surface area contributed by atoms with Crippen molar-refractivity contribution in [2.24, 2.45) is 0 Å². The van der Waals surface area contributed by atoms with Crippen molar-refractivity contribution in [2.45, 2.75) is 161 Å². The first-order chi connectivity index (χ1) is 24.3. The summed E-state index contributed by atoms with van der Waals surface area (Å²) in [5.74, 6) is -1.05. The van der Waals surface area contributed by atoms with Gasteiger partial charge in [-0.05, 0) is 83.5 Å². The van der Waals surface area contributed by atoms with Gasteiger partial charge < -0.3 is 10.4 Å². The number of rotatable bonds is 33. The predicted octanol–water partition coefficient (Wildman–Crippen LogP) is 11.4. The normalized spacial score (nSPS) is 14.4. The zero-order valence-corrected chi connectivity index (χ0v) is 32.3. The van der Waals surface area contributed by atoms with Crippen LogP contribution in [0.2, 0.25) is 0 Å². The molecule has 0 saturated heterocycles. The van der Waals surface area contributed by atoms with Crippen LogP contribution in [0, 0.1) is 0 Å². The molecule has 0 aromatic heterocycles. The number of amides is 1. The Morgan fingerprint density at radius 1 is 0.560 bits per heavy atom. The van der Waals surface area contributed by atoms with Gasteiger partial charge >= 0.3 is 0 Å². The summed E-state index contributed by atoms with van der Waals surface area (Å²) in [6, 6.07) is -1.09. The Labute approximate surface area is 307 Å². The second kappa shape index (κ2) is 36.1. The largest absolute Gasteiger partial charge is 0.387 e. The molecule has 3 N–H and O–H groups in total. The van der Waals surface area contributed by atoms with Crippen molar-refractivity contribution in [1.29, 1.82) is 0 Å². The molecular formula is C43H71NO5S. The smallest absolute Gasteiger partial charge is 0.267 e. The molecule has 2 atom stereocenters. The molecule has 0 aliphatic heterocycles. The van der Waals surface area contributed by atoms with Gasteiger partial charge in [-0.1, -0.05) is 156 Å². The van der Waals surface area contributed by atoms with Gasteiger partial charge in [0.2, 0.25) is 5.91 Å². The van der Waals surface area contributed by atoms with Gasteiger partial charge in [0.15, 0.2) is 0 Å². The van der Waals surface area contributed by atoms with Crippen LogP contribution in [0.4, 0.5) is 0 Å². The first kappa shape index (κ1) is 47.3. The number of aliphatic hydroxyl groups excluding tert-OH is 1. The van der Waals surface area contributed by atoms with Gasteiger partial charge in [0.1, 0.15) is 0 Å². The summed E-state index contributed by atoms with van der Waals surface area (Å²) in [4.78, 5) is 12.5. The van der Waals surface area contributed by atoms with Gasteiger partial charge in [0, 0.05) is 6.42 Å². The third-order valence-corrected chi connectivity index (χ3v) is 8.77. The lowest BCUT2D eigenvalue weighted by molar-refractivity contribution is -0.122. The molecule has 1 amide bonds. The second-order valence-electron chi connectivity index (χ2n) is 12.8. The first-order valence-electron chi connectivity index (χ1n) is 19.4. The van der Waals surface area contributed by atoms with Crippen LogP contribution in [0.5, 0.6) is 0 Å². The maximum absolute atomic E-state index is 12.5. The van der Waals surface area contributed by atoms with Crippen LogP contribution in [0.1, 0.15) is 149 Å². The Morgan fingerprint density at radius 2 is 0.980 bits per heavy atom. The summed E-state index contributed by atoms with van der Waals surface area (Å²) in [6.45, 7) is 4.37. The predicted molar refractivity (Wildman–Crippen MR) is 216 cm³/mol. The molecule has 6 nitrogen and oxygen atoms in total. The van der Waals surface area contributed by atoms with Crippen molar-refractivity contribution in [3.8, 4) is 0 Å².